The number of phenols is 1. The van der Waals surface area contributed by atoms with Crippen LogP contribution in [-0.4, -0.2) is 35.9 Å². The molecule has 2 amide bonds. The summed E-state index contributed by atoms with van der Waals surface area (Å²) >= 11 is 6.37. The summed E-state index contributed by atoms with van der Waals surface area (Å²) in [4.78, 5) is 58.2. The number of carbonyl (C=O) groups excluding carboxylic acids is 2. The zero-order valence-corrected chi connectivity index (χ0v) is 28.0. The normalized spacial score (nSPS) is 23.1. The zero-order chi connectivity index (χ0) is 35.9. The van der Waals surface area contributed by atoms with E-state index in [0.29, 0.717) is 44.4 Å². The number of rotatable bonds is 5. The summed E-state index contributed by atoms with van der Waals surface area (Å²) in [6, 6.07) is 24.7. The first-order chi connectivity index (χ1) is 25.2. The van der Waals surface area contributed by atoms with Crippen molar-refractivity contribution in [3.63, 3.8) is 0 Å². The van der Waals surface area contributed by atoms with E-state index in [0.717, 1.165) is 9.58 Å². The summed E-state index contributed by atoms with van der Waals surface area (Å²) < 4.78 is 23.9. The van der Waals surface area contributed by atoms with Crippen molar-refractivity contribution < 1.29 is 23.8 Å². The summed E-state index contributed by atoms with van der Waals surface area (Å²) in [5.74, 6) is -2.95. The van der Waals surface area contributed by atoms with Gasteiger partial charge in [-0.25, -0.2) is 27.9 Å². The maximum absolute atomic E-state index is 15.3. The molecule has 260 valence electrons. The molecule has 4 aromatic carbocycles. The highest BCUT2D eigenvalue weighted by molar-refractivity contribution is 6.30. The highest BCUT2D eigenvalue weighted by Gasteiger charge is 2.69. The third-order valence-corrected chi connectivity index (χ3v) is 10.9. The van der Waals surface area contributed by atoms with Crippen LogP contribution >= 0.6 is 11.6 Å². The number of halogens is 2. The van der Waals surface area contributed by atoms with Gasteiger partial charge in [0.1, 0.15) is 17.3 Å². The Morgan fingerprint density at radius 3 is 2.40 bits per heavy atom. The molecule has 1 saturated heterocycles. The Kier molecular flexibility index (Phi) is 7.16. The van der Waals surface area contributed by atoms with Gasteiger partial charge in [0, 0.05) is 22.9 Å². The number of benzene rings is 4. The number of fused-ring (bicyclic) bond motifs is 5. The summed E-state index contributed by atoms with van der Waals surface area (Å²) in [6.45, 7) is 0.0306. The van der Waals surface area contributed by atoms with Crippen molar-refractivity contribution in [2.75, 3.05) is 5.43 Å². The highest BCUT2D eigenvalue weighted by atomic mass is 35.5. The van der Waals surface area contributed by atoms with Gasteiger partial charge in [-0.05, 0) is 89.9 Å². The largest absolute Gasteiger partial charge is 0.508 e. The Hall–Kier alpha value is -6.14. The van der Waals surface area contributed by atoms with Crippen molar-refractivity contribution >= 4 is 29.1 Å². The van der Waals surface area contributed by atoms with Gasteiger partial charge in [0.15, 0.2) is 0 Å². The number of aromatic hydroxyl groups is 1. The molecule has 5 aromatic rings. The van der Waals surface area contributed by atoms with E-state index in [2.05, 4.69) is 5.43 Å². The third kappa shape index (κ3) is 4.56. The maximum atomic E-state index is 15.3. The van der Waals surface area contributed by atoms with E-state index in [9.17, 15) is 23.9 Å². The fourth-order valence-corrected chi connectivity index (χ4v) is 8.66. The molecule has 0 radical (unpaired) electrons. The fourth-order valence-electron chi connectivity index (χ4n) is 8.53. The highest BCUT2D eigenvalue weighted by Crippen LogP contribution is 2.61. The summed E-state index contributed by atoms with van der Waals surface area (Å²) in [5, 5.41) is 11.8. The van der Waals surface area contributed by atoms with Gasteiger partial charge in [-0.2, -0.15) is 5.01 Å². The van der Waals surface area contributed by atoms with Crippen LogP contribution in [0.2, 0.25) is 5.02 Å². The minimum Gasteiger partial charge on any atom is -0.508 e. The summed E-state index contributed by atoms with van der Waals surface area (Å²) in [7, 11) is 0. The van der Waals surface area contributed by atoms with Crippen LogP contribution in [0.25, 0.3) is 5.69 Å². The molecule has 4 heterocycles. The lowest BCUT2D eigenvalue weighted by Gasteiger charge is -2.49. The van der Waals surface area contributed by atoms with Gasteiger partial charge in [0.25, 0.3) is 11.8 Å². The lowest BCUT2D eigenvalue weighted by molar-refractivity contribution is -0.138. The molecular formula is C39H29ClFN5O6. The lowest BCUT2D eigenvalue weighted by atomic mass is 9.52. The molecule has 52 heavy (non-hydrogen) atoms. The Balaban J connectivity index is 1.28. The molecule has 13 heteroatoms. The number of amides is 2. The minimum absolute atomic E-state index is 0.000787. The molecule has 4 atom stereocenters. The summed E-state index contributed by atoms with van der Waals surface area (Å²) in [6.07, 6.45) is 3.70. The van der Waals surface area contributed by atoms with Crippen LogP contribution in [0.4, 0.5) is 10.1 Å². The molecule has 2 fully saturated rings. The van der Waals surface area contributed by atoms with Crippen LogP contribution in [-0.2, 0) is 28.0 Å². The van der Waals surface area contributed by atoms with Gasteiger partial charge >= 0.3 is 11.4 Å². The molecule has 9 rings (SSSR count). The van der Waals surface area contributed by atoms with Crippen LogP contribution in [0.3, 0.4) is 0 Å². The van der Waals surface area contributed by atoms with Gasteiger partial charge in [-0.1, -0.05) is 48.0 Å². The number of allylic oxidation sites excluding steroid dienone is 3. The molecule has 1 aliphatic carbocycles. The van der Waals surface area contributed by atoms with Crippen molar-refractivity contribution in [3.05, 3.63) is 163 Å². The SMILES string of the molecule is O=C1[C@@H]2C[C@@H]3C(=CCn4c(=O)n(-c5ccccc5)c(=O)n43)[C@H](C3=COc4ccc(O)cc4C3)[C@]2(c2ccc(Cl)cc2)C(=O)N1Nc1ccc(F)cc1. The third-order valence-electron chi connectivity index (χ3n) is 10.7. The van der Waals surface area contributed by atoms with Gasteiger partial charge in [0.2, 0.25) is 0 Å². The van der Waals surface area contributed by atoms with E-state index < -0.39 is 52.3 Å². The van der Waals surface area contributed by atoms with Crippen molar-refractivity contribution in [1.29, 1.82) is 0 Å². The van der Waals surface area contributed by atoms with Crippen LogP contribution in [0.1, 0.15) is 23.6 Å². The number of hydrazine groups is 1. The monoisotopic (exact) mass is 717 g/mol. The first-order valence-corrected chi connectivity index (χ1v) is 17.1. The molecule has 4 aliphatic rings. The van der Waals surface area contributed by atoms with E-state index in [1.165, 1.54) is 39.7 Å². The van der Waals surface area contributed by atoms with Crippen molar-refractivity contribution in [2.45, 2.75) is 30.8 Å². The predicted molar refractivity (Wildman–Crippen MR) is 189 cm³/mol. The van der Waals surface area contributed by atoms with Gasteiger partial charge in [0.05, 0.1) is 41.6 Å². The number of hydrogen-bond acceptors (Lipinski definition) is 7. The van der Waals surface area contributed by atoms with E-state index in [4.69, 9.17) is 16.3 Å². The maximum Gasteiger partial charge on any atom is 0.352 e. The lowest BCUT2D eigenvalue weighted by Crippen LogP contribution is -2.55. The molecule has 0 unspecified atom stereocenters. The van der Waals surface area contributed by atoms with Crippen LogP contribution in [0.5, 0.6) is 11.5 Å². The number of anilines is 1. The molecule has 0 bridgehead atoms. The number of aromatic nitrogens is 3. The van der Waals surface area contributed by atoms with Gasteiger partial charge < -0.3 is 9.84 Å². The average Bonchev–Trinajstić information content (AvgIpc) is 3.53. The fraction of sp³-hybridized carbons (Fsp3) is 0.179. The number of nitrogens with zero attached hydrogens (tertiary/aromatic N) is 4. The Morgan fingerprint density at radius 1 is 0.904 bits per heavy atom. The first-order valence-electron chi connectivity index (χ1n) is 16.7. The quantitative estimate of drug-likeness (QED) is 0.187. The number of para-hydroxylation sites is 1. The van der Waals surface area contributed by atoms with E-state index in [1.807, 2.05) is 6.08 Å². The molecular weight excluding hydrogens is 689 g/mol. The first kappa shape index (κ1) is 31.8. The average molecular weight is 718 g/mol. The van der Waals surface area contributed by atoms with E-state index in [1.54, 1.807) is 73.0 Å². The minimum atomic E-state index is -1.57. The number of carbonyl (C=O) groups is 2. The standard InChI is InChI=1S/C39H29ClFN5O6/c40-25-8-6-24(7-9-25)39-31(35(48)45(36(39)49)42-27-12-10-26(41)11-13-27)20-32-30(34(39)23-18-22-19-29(47)14-15-33(22)52-21-23)16-17-43-37(50)44(38(51)46(32)43)28-4-2-1-3-5-28/h1-16,19,21,31-32,34,42,47H,17-18,20H2/t31-,32+,34-,39+/m0/s1. The number of ether oxygens (including phenoxy) is 1. The number of hydrogen-bond donors (Lipinski definition) is 2. The molecule has 2 N–H and O–H groups in total. The van der Waals surface area contributed by atoms with Gasteiger partial charge in [-0.15, -0.1) is 0 Å². The van der Waals surface area contributed by atoms with Crippen molar-refractivity contribution in [1.82, 2.24) is 18.9 Å². The molecule has 0 spiro atoms. The Labute approximate surface area is 300 Å². The smallest absolute Gasteiger partial charge is 0.352 e. The molecule has 11 nitrogen and oxygen atoms in total. The Bertz CT molecular complexity index is 2490. The number of nitrogens with one attached hydrogen (secondary N) is 1. The van der Waals surface area contributed by atoms with Crippen LogP contribution < -0.4 is 21.5 Å². The van der Waals surface area contributed by atoms with Gasteiger partial charge in [-0.3, -0.25) is 15.0 Å². The second-order valence-corrected chi connectivity index (χ2v) is 13.8. The zero-order valence-electron chi connectivity index (χ0n) is 27.3. The second kappa shape index (κ2) is 11.7. The Morgan fingerprint density at radius 2 is 1.65 bits per heavy atom. The molecule has 3 aliphatic heterocycles. The molecule has 1 saturated carbocycles. The van der Waals surface area contributed by atoms with Crippen molar-refractivity contribution in [3.8, 4) is 17.2 Å². The van der Waals surface area contributed by atoms with E-state index in [-0.39, 0.29) is 25.1 Å². The summed E-state index contributed by atoms with van der Waals surface area (Å²) in [5.41, 5.74) is 3.45. The van der Waals surface area contributed by atoms with Crippen LogP contribution in [0.15, 0.2) is 130 Å². The predicted octanol–water partition coefficient (Wildman–Crippen LogP) is 5.27. The number of imide groups is 1. The second-order valence-electron chi connectivity index (χ2n) is 13.4. The topological polar surface area (TPSA) is 128 Å². The van der Waals surface area contributed by atoms with Crippen molar-refractivity contribution in [2.24, 2.45) is 11.8 Å². The molecule has 1 aromatic heterocycles. The van der Waals surface area contributed by atoms with Crippen LogP contribution in [0, 0.1) is 17.7 Å². The number of phenolic OH excluding ortho intramolecular Hbond substituents is 1. The van der Waals surface area contributed by atoms with E-state index >= 15 is 4.79 Å².